The number of rotatable bonds is 8. The van der Waals surface area contributed by atoms with Crippen molar-refractivity contribution in [2.75, 3.05) is 18.4 Å². The van der Waals surface area contributed by atoms with E-state index >= 15 is 0 Å². The van der Waals surface area contributed by atoms with Gasteiger partial charge >= 0.3 is 5.97 Å². The van der Waals surface area contributed by atoms with Gasteiger partial charge in [-0.2, -0.15) is 0 Å². The van der Waals surface area contributed by atoms with Crippen LogP contribution in [0.3, 0.4) is 0 Å². The predicted molar refractivity (Wildman–Crippen MR) is 140 cm³/mol. The SMILES string of the molecule is CCN(CC)C(=O)c1sc(NC(=O)/C=C/c2ccc(C(C)(C)C)cc2)c(C(=O)OC(C)C)c1C. The summed E-state index contributed by atoms with van der Waals surface area (Å²) in [5, 5.41) is 3.10. The highest BCUT2D eigenvalue weighted by atomic mass is 32.1. The van der Waals surface area contributed by atoms with Crippen molar-refractivity contribution in [1.29, 1.82) is 0 Å². The summed E-state index contributed by atoms with van der Waals surface area (Å²) in [5.74, 6) is -1.11. The Morgan fingerprint density at radius 3 is 2.18 bits per heavy atom. The number of carbonyl (C=O) groups excluding carboxylic acids is 3. The third kappa shape index (κ3) is 6.79. The Morgan fingerprint density at radius 2 is 1.68 bits per heavy atom. The average molecular weight is 485 g/mol. The van der Waals surface area contributed by atoms with Crippen LogP contribution in [0.5, 0.6) is 0 Å². The fourth-order valence-corrected chi connectivity index (χ4v) is 4.56. The van der Waals surface area contributed by atoms with Crippen LogP contribution in [-0.2, 0) is 14.9 Å². The molecular formula is C27H36N2O4S. The zero-order chi connectivity index (χ0) is 25.6. The molecule has 2 aromatic rings. The van der Waals surface area contributed by atoms with Gasteiger partial charge in [-0.3, -0.25) is 9.59 Å². The molecule has 1 N–H and O–H groups in total. The van der Waals surface area contributed by atoms with E-state index in [1.807, 2.05) is 38.1 Å². The molecule has 0 radical (unpaired) electrons. The summed E-state index contributed by atoms with van der Waals surface area (Å²) < 4.78 is 5.39. The van der Waals surface area contributed by atoms with Gasteiger partial charge in [0.05, 0.1) is 16.5 Å². The second-order valence-electron chi connectivity index (χ2n) is 9.39. The lowest BCUT2D eigenvalue weighted by molar-refractivity contribution is -0.111. The third-order valence-corrected chi connectivity index (χ3v) is 6.57. The fraction of sp³-hybridized carbons (Fsp3) is 0.444. The van der Waals surface area contributed by atoms with Crippen LogP contribution in [0, 0.1) is 6.92 Å². The normalized spacial score (nSPS) is 11.7. The maximum atomic E-state index is 13.0. The van der Waals surface area contributed by atoms with E-state index in [0.29, 0.717) is 28.5 Å². The van der Waals surface area contributed by atoms with Crippen LogP contribution < -0.4 is 5.32 Å². The van der Waals surface area contributed by atoms with Crippen molar-refractivity contribution >= 4 is 40.2 Å². The largest absolute Gasteiger partial charge is 0.459 e. The van der Waals surface area contributed by atoms with Gasteiger partial charge in [0.25, 0.3) is 5.91 Å². The van der Waals surface area contributed by atoms with Crippen LogP contribution >= 0.6 is 11.3 Å². The van der Waals surface area contributed by atoms with Crippen molar-refractivity contribution < 1.29 is 19.1 Å². The maximum Gasteiger partial charge on any atom is 0.341 e. The molecule has 6 nitrogen and oxygen atoms in total. The summed E-state index contributed by atoms with van der Waals surface area (Å²) in [6.45, 7) is 16.6. The molecule has 0 saturated carbocycles. The first-order valence-corrected chi connectivity index (χ1v) is 12.4. The third-order valence-electron chi connectivity index (χ3n) is 5.38. The monoisotopic (exact) mass is 484 g/mol. The molecule has 0 aliphatic heterocycles. The van der Waals surface area contributed by atoms with Gasteiger partial charge in [0.2, 0.25) is 5.91 Å². The summed E-state index contributed by atoms with van der Waals surface area (Å²) in [6.07, 6.45) is 2.81. The minimum Gasteiger partial charge on any atom is -0.459 e. The second-order valence-corrected chi connectivity index (χ2v) is 10.4. The number of ether oxygens (including phenoxy) is 1. The molecule has 34 heavy (non-hydrogen) atoms. The average Bonchev–Trinajstić information content (AvgIpc) is 3.07. The highest BCUT2D eigenvalue weighted by Gasteiger charge is 2.28. The number of carbonyl (C=O) groups is 3. The maximum absolute atomic E-state index is 13.0. The fourth-order valence-electron chi connectivity index (χ4n) is 3.40. The van der Waals surface area contributed by atoms with Crippen LogP contribution in [0.15, 0.2) is 30.3 Å². The van der Waals surface area contributed by atoms with Crippen LogP contribution in [0.25, 0.3) is 6.08 Å². The van der Waals surface area contributed by atoms with Gasteiger partial charge in [0.15, 0.2) is 0 Å². The number of thiophene rings is 1. The van der Waals surface area contributed by atoms with Gasteiger partial charge < -0.3 is 15.0 Å². The van der Waals surface area contributed by atoms with Gasteiger partial charge in [0, 0.05) is 19.2 Å². The quantitative estimate of drug-likeness (QED) is 0.365. The van der Waals surface area contributed by atoms with Crippen molar-refractivity contribution in [3.63, 3.8) is 0 Å². The Hall–Kier alpha value is -2.93. The number of esters is 1. The molecule has 1 aromatic carbocycles. The van der Waals surface area contributed by atoms with Crippen LogP contribution in [0.4, 0.5) is 5.00 Å². The molecule has 1 aromatic heterocycles. The first-order valence-electron chi connectivity index (χ1n) is 11.6. The molecule has 0 aliphatic carbocycles. The summed E-state index contributed by atoms with van der Waals surface area (Å²) in [4.78, 5) is 40.6. The molecule has 2 amide bonds. The first kappa shape index (κ1) is 27.3. The first-order chi connectivity index (χ1) is 15.9. The molecule has 0 unspecified atom stereocenters. The zero-order valence-electron chi connectivity index (χ0n) is 21.4. The predicted octanol–water partition coefficient (Wildman–Crippen LogP) is 6.05. The molecule has 0 atom stereocenters. The van der Waals surface area contributed by atoms with E-state index in [-0.39, 0.29) is 28.9 Å². The van der Waals surface area contributed by atoms with E-state index in [0.717, 1.165) is 16.9 Å². The molecule has 0 spiro atoms. The number of benzene rings is 1. The van der Waals surface area contributed by atoms with Crippen molar-refractivity contribution in [1.82, 2.24) is 4.90 Å². The number of amides is 2. The minimum atomic E-state index is -0.556. The Morgan fingerprint density at radius 1 is 1.09 bits per heavy atom. The van der Waals surface area contributed by atoms with Crippen molar-refractivity contribution in [2.45, 2.75) is 66.9 Å². The molecule has 0 bridgehead atoms. The summed E-state index contributed by atoms with van der Waals surface area (Å²) >= 11 is 1.11. The van der Waals surface area contributed by atoms with Crippen LogP contribution in [0.1, 0.15) is 85.2 Å². The number of anilines is 1. The van der Waals surface area contributed by atoms with Crippen LogP contribution in [-0.4, -0.2) is 41.9 Å². The Labute approximate surface area is 207 Å². The number of nitrogens with zero attached hydrogens (tertiary/aromatic N) is 1. The lowest BCUT2D eigenvalue weighted by atomic mass is 9.87. The molecule has 7 heteroatoms. The van der Waals surface area contributed by atoms with Gasteiger partial charge in [-0.25, -0.2) is 4.79 Å². The van der Waals surface area contributed by atoms with Crippen molar-refractivity contribution in [2.24, 2.45) is 0 Å². The molecular weight excluding hydrogens is 448 g/mol. The van der Waals surface area contributed by atoms with Gasteiger partial charge in [-0.15, -0.1) is 11.3 Å². The molecule has 0 fully saturated rings. The molecule has 2 rings (SSSR count). The lowest BCUT2D eigenvalue weighted by Gasteiger charge is -2.18. The zero-order valence-corrected chi connectivity index (χ0v) is 22.3. The summed E-state index contributed by atoms with van der Waals surface area (Å²) in [6, 6.07) is 8.02. The van der Waals surface area contributed by atoms with E-state index < -0.39 is 5.97 Å². The Kier molecular flexibility index (Phi) is 9.21. The van der Waals surface area contributed by atoms with Crippen molar-refractivity contribution in [3.05, 3.63) is 57.5 Å². The van der Waals surface area contributed by atoms with E-state index in [9.17, 15) is 14.4 Å². The Bertz CT molecular complexity index is 1060. The van der Waals surface area contributed by atoms with Crippen LogP contribution in [0.2, 0.25) is 0 Å². The van der Waals surface area contributed by atoms with Gasteiger partial charge in [-0.1, -0.05) is 45.0 Å². The standard InChI is InChI=1S/C27H36N2O4S/c1-9-29(10-2)25(31)23-18(5)22(26(32)33-17(3)4)24(34-23)28-21(30)16-13-19-11-14-20(15-12-19)27(6,7)8/h11-17H,9-10H2,1-8H3,(H,28,30)/b16-13+. The number of hydrogen-bond acceptors (Lipinski definition) is 5. The van der Waals surface area contributed by atoms with Crippen molar-refractivity contribution in [3.8, 4) is 0 Å². The van der Waals surface area contributed by atoms with Gasteiger partial charge in [0.1, 0.15) is 5.00 Å². The number of nitrogens with one attached hydrogen (secondary N) is 1. The molecule has 1 heterocycles. The summed E-state index contributed by atoms with van der Waals surface area (Å²) in [7, 11) is 0. The van der Waals surface area contributed by atoms with Gasteiger partial charge in [-0.05, 0) is 62.8 Å². The molecule has 0 saturated heterocycles. The van der Waals surface area contributed by atoms with E-state index in [1.165, 1.54) is 11.6 Å². The summed E-state index contributed by atoms with van der Waals surface area (Å²) in [5.41, 5.74) is 2.90. The topological polar surface area (TPSA) is 75.7 Å². The molecule has 0 aliphatic rings. The van der Waals surface area contributed by atoms with E-state index in [2.05, 4.69) is 26.1 Å². The molecule has 184 valence electrons. The minimum absolute atomic E-state index is 0.0535. The second kappa shape index (κ2) is 11.5. The Balaban J connectivity index is 2.32. The number of hydrogen-bond donors (Lipinski definition) is 1. The lowest BCUT2D eigenvalue weighted by Crippen LogP contribution is -2.30. The highest BCUT2D eigenvalue weighted by Crippen LogP contribution is 2.35. The smallest absolute Gasteiger partial charge is 0.341 e. The van der Waals surface area contributed by atoms with E-state index in [1.54, 1.807) is 31.7 Å². The highest BCUT2D eigenvalue weighted by molar-refractivity contribution is 7.18. The van der Waals surface area contributed by atoms with E-state index in [4.69, 9.17) is 4.74 Å².